The van der Waals surface area contributed by atoms with Gasteiger partial charge in [0, 0.05) is 5.69 Å². The molecule has 0 aliphatic rings. The van der Waals surface area contributed by atoms with E-state index in [4.69, 9.17) is 14.2 Å². The maximum atomic E-state index is 12.0. The van der Waals surface area contributed by atoms with Crippen molar-refractivity contribution in [3.05, 3.63) is 78.9 Å². The van der Waals surface area contributed by atoms with E-state index in [9.17, 15) is 4.79 Å². The monoisotopic (exact) mass is 349 g/mol. The van der Waals surface area contributed by atoms with Crippen molar-refractivity contribution < 1.29 is 19.0 Å². The first kappa shape index (κ1) is 17.4. The van der Waals surface area contributed by atoms with Crippen LogP contribution in [0.4, 0.5) is 5.69 Å². The van der Waals surface area contributed by atoms with E-state index in [0.29, 0.717) is 28.7 Å². The SMILES string of the molecule is COc1ccccc1Oc1ccc(NC(=O)COc2ccccc2)cc1. The van der Waals surface area contributed by atoms with E-state index in [1.165, 1.54) is 0 Å². The Morgan fingerprint density at radius 2 is 1.46 bits per heavy atom. The summed E-state index contributed by atoms with van der Waals surface area (Å²) in [6.07, 6.45) is 0. The van der Waals surface area contributed by atoms with Crippen LogP contribution >= 0.6 is 0 Å². The highest BCUT2D eigenvalue weighted by Crippen LogP contribution is 2.31. The van der Waals surface area contributed by atoms with E-state index in [2.05, 4.69) is 5.32 Å². The molecule has 5 nitrogen and oxygen atoms in total. The van der Waals surface area contributed by atoms with Crippen LogP contribution in [0.1, 0.15) is 0 Å². The lowest BCUT2D eigenvalue weighted by Gasteiger charge is -2.11. The smallest absolute Gasteiger partial charge is 0.262 e. The van der Waals surface area contributed by atoms with Crippen molar-refractivity contribution in [3.8, 4) is 23.0 Å². The van der Waals surface area contributed by atoms with Gasteiger partial charge in [0.25, 0.3) is 5.91 Å². The van der Waals surface area contributed by atoms with Crippen molar-refractivity contribution >= 4 is 11.6 Å². The van der Waals surface area contributed by atoms with Crippen LogP contribution in [0.5, 0.6) is 23.0 Å². The van der Waals surface area contributed by atoms with Crippen LogP contribution in [0.15, 0.2) is 78.9 Å². The molecular weight excluding hydrogens is 330 g/mol. The molecule has 0 spiro atoms. The fraction of sp³-hybridized carbons (Fsp3) is 0.0952. The maximum Gasteiger partial charge on any atom is 0.262 e. The van der Waals surface area contributed by atoms with Crippen molar-refractivity contribution in [2.75, 3.05) is 19.0 Å². The first-order chi connectivity index (χ1) is 12.7. The Labute approximate surface area is 152 Å². The number of hydrogen-bond donors (Lipinski definition) is 1. The molecular formula is C21H19NO4. The number of hydrogen-bond acceptors (Lipinski definition) is 4. The summed E-state index contributed by atoms with van der Waals surface area (Å²) in [5.41, 5.74) is 0.666. The van der Waals surface area contributed by atoms with Gasteiger partial charge in [-0.2, -0.15) is 0 Å². The number of anilines is 1. The first-order valence-corrected chi connectivity index (χ1v) is 8.13. The third-order valence-electron chi connectivity index (χ3n) is 3.55. The predicted octanol–water partition coefficient (Wildman–Crippen LogP) is 4.51. The largest absolute Gasteiger partial charge is 0.493 e. The number of para-hydroxylation sites is 3. The molecule has 3 rings (SSSR count). The lowest BCUT2D eigenvalue weighted by molar-refractivity contribution is -0.118. The molecule has 0 heterocycles. The summed E-state index contributed by atoms with van der Waals surface area (Å²) >= 11 is 0. The molecule has 5 heteroatoms. The Bertz CT molecular complexity index is 847. The summed E-state index contributed by atoms with van der Waals surface area (Å²) in [4.78, 5) is 12.0. The van der Waals surface area contributed by atoms with Gasteiger partial charge in [0.15, 0.2) is 18.1 Å². The van der Waals surface area contributed by atoms with Crippen LogP contribution in [0.2, 0.25) is 0 Å². The molecule has 0 aliphatic heterocycles. The summed E-state index contributed by atoms with van der Waals surface area (Å²) in [5, 5.41) is 2.78. The molecule has 3 aromatic carbocycles. The van der Waals surface area contributed by atoms with E-state index >= 15 is 0 Å². The molecule has 0 atom stereocenters. The van der Waals surface area contributed by atoms with E-state index < -0.39 is 0 Å². The van der Waals surface area contributed by atoms with Crippen LogP contribution in [0.25, 0.3) is 0 Å². The van der Waals surface area contributed by atoms with Crippen LogP contribution in [0.3, 0.4) is 0 Å². The molecule has 0 bridgehead atoms. The van der Waals surface area contributed by atoms with Gasteiger partial charge < -0.3 is 19.5 Å². The zero-order valence-electron chi connectivity index (χ0n) is 14.3. The van der Waals surface area contributed by atoms with E-state index in [1.807, 2.05) is 42.5 Å². The lowest BCUT2D eigenvalue weighted by Crippen LogP contribution is -2.20. The van der Waals surface area contributed by atoms with E-state index in [-0.39, 0.29) is 12.5 Å². The number of methoxy groups -OCH3 is 1. The average molecular weight is 349 g/mol. The summed E-state index contributed by atoms with van der Waals surface area (Å²) in [6, 6.07) is 23.7. The van der Waals surface area contributed by atoms with Gasteiger partial charge in [-0.15, -0.1) is 0 Å². The second-order valence-corrected chi connectivity index (χ2v) is 5.43. The summed E-state index contributed by atoms with van der Waals surface area (Å²) in [5.74, 6) is 2.36. The van der Waals surface area contributed by atoms with Crippen molar-refractivity contribution in [2.24, 2.45) is 0 Å². The molecule has 0 aliphatic carbocycles. The minimum atomic E-state index is -0.229. The Morgan fingerprint density at radius 1 is 0.808 bits per heavy atom. The standard InChI is InChI=1S/C21H19NO4/c1-24-19-9-5-6-10-20(19)26-18-13-11-16(12-14-18)22-21(23)15-25-17-7-3-2-4-8-17/h2-14H,15H2,1H3,(H,22,23). The number of rotatable bonds is 7. The topological polar surface area (TPSA) is 56.8 Å². The van der Waals surface area contributed by atoms with E-state index in [1.54, 1.807) is 43.5 Å². The fourth-order valence-electron chi connectivity index (χ4n) is 2.30. The molecule has 0 radical (unpaired) electrons. The van der Waals surface area contributed by atoms with Crippen molar-refractivity contribution in [1.29, 1.82) is 0 Å². The number of nitrogens with one attached hydrogen (secondary N) is 1. The van der Waals surface area contributed by atoms with E-state index in [0.717, 1.165) is 0 Å². The molecule has 0 aromatic heterocycles. The first-order valence-electron chi connectivity index (χ1n) is 8.13. The molecule has 1 N–H and O–H groups in total. The van der Waals surface area contributed by atoms with Gasteiger partial charge in [-0.3, -0.25) is 4.79 Å². The minimum Gasteiger partial charge on any atom is -0.493 e. The van der Waals surface area contributed by atoms with Gasteiger partial charge >= 0.3 is 0 Å². The summed E-state index contributed by atoms with van der Waals surface area (Å²) in [7, 11) is 1.60. The number of amides is 1. The van der Waals surface area contributed by atoms with Gasteiger partial charge in [0.1, 0.15) is 11.5 Å². The second-order valence-electron chi connectivity index (χ2n) is 5.43. The van der Waals surface area contributed by atoms with Gasteiger partial charge in [-0.25, -0.2) is 0 Å². The number of benzene rings is 3. The van der Waals surface area contributed by atoms with Crippen LogP contribution < -0.4 is 19.5 Å². The number of carbonyl (C=O) groups excluding carboxylic acids is 1. The predicted molar refractivity (Wildman–Crippen MR) is 100 cm³/mol. The lowest BCUT2D eigenvalue weighted by atomic mass is 10.3. The van der Waals surface area contributed by atoms with Gasteiger partial charge in [0.2, 0.25) is 0 Å². The molecule has 1 amide bonds. The third-order valence-corrected chi connectivity index (χ3v) is 3.55. The van der Waals surface area contributed by atoms with Crippen molar-refractivity contribution in [3.63, 3.8) is 0 Å². The highest BCUT2D eigenvalue weighted by atomic mass is 16.5. The zero-order chi connectivity index (χ0) is 18.2. The number of ether oxygens (including phenoxy) is 3. The third kappa shape index (κ3) is 4.77. The Hall–Kier alpha value is -3.47. The van der Waals surface area contributed by atoms with Gasteiger partial charge in [0.05, 0.1) is 7.11 Å². The molecule has 0 saturated carbocycles. The Kier molecular flexibility index (Phi) is 5.72. The number of carbonyl (C=O) groups is 1. The maximum absolute atomic E-state index is 12.0. The fourth-order valence-corrected chi connectivity index (χ4v) is 2.30. The molecule has 26 heavy (non-hydrogen) atoms. The van der Waals surface area contributed by atoms with Gasteiger partial charge in [-0.05, 0) is 48.5 Å². The van der Waals surface area contributed by atoms with Gasteiger partial charge in [-0.1, -0.05) is 30.3 Å². The van der Waals surface area contributed by atoms with Crippen LogP contribution in [0, 0.1) is 0 Å². The highest BCUT2D eigenvalue weighted by Gasteiger charge is 2.06. The minimum absolute atomic E-state index is 0.0521. The second kappa shape index (κ2) is 8.58. The van der Waals surface area contributed by atoms with Crippen molar-refractivity contribution in [2.45, 2.75) is 0 Å². The normalized spacial score (nSPS) is 10.0. The van der Waals surface area contributed by atoms with Crippen LogP contribution in [-0.4, -0.2) is 19.6 Å². The molecule has 0 fully saturated rings. The quantitative estimate of drug-likeness (QED) is 0.682. The summed E-state index contributed by atoms with van der Waals surface area (Å²) < 4.78 is 16.5. The molecule has 0 unspecified atom stereocenters. The molecule has 0 saturated heterocycles. The zero-order valence-corrected chi connectivity index (χ0v) is 14.3. The van der Waals surface area contributed by atoms with Crippen LogP contribution in [-0.2, 0) is 4.79 Å². The average Bonchev–Trinajstić information content (AvgIpc) is 2.69. The van der Waals surface area contributed by atoms with Crippen molar-refractivity contribution in [1.82, 2.24) is 0 Å². The summed E-state index contributed by atoms with van der Waals surface area (Å²) in [6.45, 7) is -0.0521. The highest BCUT2D eigenvalue weighted by molar-refractivity contribution is 5.91. The Morgan fingerprint density at radius 3 is 2.15 bits per heavy atom. The Balaban J connectivity index is 1.55. The molecule has 3 aromatic rings. The molecule has 132 valence electrons.